The summed E-state index contributed by atoms with van der Waals surface area (Å²) in [6.45, 7) is 0. The first-order valence-corrected chi connectivity index (χ1v) is 4.65. The summed E-state index contributed by atoms with van der Waals surface area (Å²) in [5.74, 6) is -1.70. The molecule has 0 bridgehead atoms. The van der Waals surface area contributed by atoms with Crippen molar-refractivity contribution in [3.63, 3.8) is 0 Å². The number of hydrogen-bond acceptors (Lipinski definition) is 4. The van der Waals surface area contributed by atoms with Gasteiger partial charge in [0.05, 0.1) is 7.11 Å². The molecule has 0 atom stereocenters. The van der Waals surface area contributed by atoms with Crippen molar-refractivity contribution < 1.29 is 23.6 Å². The minimum Gasteiger partial charge on any atom is -0.494 e. The smallest absolute Gasteiger partial charge is 0.341 e. The maximum Gasteiger partial charge on any atom is 0.341 e. The van der Waals surface area contributed by atoms with Gasteiger partial charge in [-0.3, -0.25) is 0 Å². The zero-order valence-electron chi connectivity index (χ0n) is 8.81. The number of hydrogen-bond donors (Lipinski definition) is 1. The predicted molar refractivity (Wildman–Crippen MR) is 55.4 cm³/mol. The molecule has 1 heterocycles. The highest BCUT2D eigenvalue weighted by atomic mass is 19.1. The van der Waals surface area contributed by atoms with Crippen molar-refractivity contribution in [3.8, 4) is 17.0 Å². The quantitative estimate of drug-likeness (QED) is 0.885. The molecule has 5 nitrogen and oxygen atoms in total. The van der Waals surface area contributed by atoms with Crippen LogP contribution < -0.4 is 4.74 Å². The van der Waals surface area contributed by atoms with Crippen LogP contribution in [0.3, 0.4) is 0 Å². The Kier molecular flexibility index (Phi) is 2.78. The molecule has 1 aromatic carbocycles. The Labute approximate surface area is 95.4 Å². The largest absolute Gasteiger partial charge is 0.494 e. The lowest BCUT2D eigenvalue weighted by atomic mass is 10.1. The minimum absolute atomic E-state index is 0.0779. The molecular formula is C11H8FNO4. The third-order valence-corrected chi connectivity index (χ3v) is 2.23. The third kappa shape index (κ3) is 1.96. The molecule has 17 heavy (non-hydrogen) atoms. The summed E-state index contributed by atoms with van der Waals surface area (Å²) < 4.78 is 22.8. The Morgan fingerprint density at radius 2 is 2.29 bits per heavy atom. The number of ether oxygens (including phenoxy) is 1. The molecule has 0 saturated heterocycles. The molecule has 0 spiro atoms. The topological polar surface area (TPSA) is 72.6 Å². The van der Waals surface area contributed by atoms with E-state index in [2.05, 4.69) is 9.68 Å². The van der Waals surface area contributed by atoms with Crippen LogP contribution >= 0.6 is 0 Å². The van der Waals surface area contributed by atoms with Gasteiger partial charge in [-0.15, -0.1) is 0 Å². The molecule has 0 radical (unpaired) electrons. The normalized spacial score (nSPS) is 10.2. The van der Waals surface area contributed by atoms with Gasteiger partial charge in [0.15, 0.2) is 11.6 Å². The van der Waals surface area contributed by atoms with Gasteiger partial charge in [0.1, 0.15) is 17.5 Å². The standard InChI is InChI=1S/C11H8FNO4/c1-16-9-3-2-6(4-8(9)12)10-7(11(14)15)5-17-13-10/h2-5H,1H3,(H,14,15). The molecule has 0 amide bonds. The Morgan fingerprint density at radius 1 is 1.53 bits per heavy atom. The second-order valence-electron chi connectivity index (χ2n) is 3.23. The molecule has 0 saturated carbocycles. The van der Waals surface area contributed by atoms with Crippen molar-refractivity contribution in [2.45, 2.75) is 0 Å². The number of carboxylic acids is 1. The van der Waals surface area contributed by atoms with Gasteiger partial charge >= 0.3 is 5.97 Å². The molecule has 0 aliphatic rings. The Bertz CT molecular complexity index is 564. The van der Waals surface area contributed by atoms with Gasteiger partial charge in [-0.05, 0) is 18.2 Å². The second-order valence-corrected chi connectivity index (χ2v) is 3.23. The van der Waals surface area contributed by atoms with Crippen LogP contribution in [-0.2, 0) is 0 Å². The van der Waals surface area contributed by atoms with Crippen molar-refractivity contribution >= 4 is 5.97 Å². The summed E-state index contributed by atoms with van der Waals surface area (Å²) in [7, 11) is 1.34. The lowest BCUT2D eigenvalue weighted by Gasteiger charge is -2.03. The van der Waals surface area contributed by atoms with Crippen LogP contribution in [-0.4, -0.2) is 23.3 Å². The van der Waals surface area contributed by atoms with Gasteiger partial charge in [-0.2, -0.15) is 0 Å². The monoisotopic (exact) mass is 237 g/mol. The van der Waals surface area contributed by atoms with Gasteiger partial charge in [-0.25, -0.2) is 9.18 Å². The molecule has 1 aromatic heterocycles. The van der Waals surface area contributed by atoms with Crippen LogP contribution in [0, 0.1) is 5.82 Å². The van der Waals surface area contributed by atoms with Gasteiger partial charge in [-0.1, -0.05) is 5.16 Å². The van der Waals surface area contributed by atoms with E-state index in [-0.39, 0.29) is 17.0 Å². The van der Waals surface area contributed by atoms with E-state index in [1.54, 1.807) is 0 Å². The van der Waals surface area contributed by atoms with E-state index in [9.17, 15) is 9.18 Å². The van der Waals surface area contributed by atoms with Crippen LogP contribution in [0.25, 0.3) is 11.3 Å². The number of rotatable bonds is 3. The first kappa shape index (κ1) is 11.1. The fraction of sp³-hybridized carbons (Fsp3) is 0.0909. The zero-order valence-corrected chi connectivity index (χ0v) is 8.81. The van der Waals surface area contributed by atoms with Crippen LogP contribution in [0.4, 0.5) is 4.39 Å². The Morgan fingerprint density at radius 3 is 2.88 bits per heavy atom. The number of benzene rings is 1. The van der Waals surface area contributed by atoms with E-state index in [0.717, 1.165) is 12.3 Å². The fourth-order valence-electron chi connectivity index (χ4n) is 1.41. The SMILES string of the molecule is COc1ccc(-c2nocc2C(=O)O)cc1F. The Balaban J connectivity index is 2.50. The number of halogens is 1. The summed E-state index contributed by atoms with van der Waals surface area (Å²) >= 11 is 0. The van der Waals surface area contributed by atoms with Gasteiger partial charge < -0.3 is 14.4 Å². The number of aromatic nitrogens is 1. The summed E-state index contributed by atoms with van der Waals surface area (Å²) in [5.41, 5.74) is 0.281. The molecule has 0 aliphatic heterocycles. The van der Waals surface area contributed by atoms with Crippen LogP contribution in [0.5, 0.6) is 5.75 Å². The molecule has 0 unspecified atom stereocenters. The van der Waals surface area contributed by atoms with E-state index in [0.29, 0.717) is 5.56 Å². The van der Waals surface area contributed by atoms with Crippen molar-refractivity contribution in [2.24, 2.45) is 0 Å². The zero-order chi connectivity index (χ0) is 12.4. The highest BCUT2D eigenvalue weighted by Crippen LogP contribution is 2.26. The molecule has 2 aromatic rings. The molecule has 1 N–H and O–H groups in total. The van der Waals surface area contributed by atoms with E-state index >= 15 is 0 Å². The van der Waals surface area contributed by atoms with Crippen LogP contribution in [0.15, 0.2) is 29.0 Å². The summed E-state index contributed by atoms with van der Waals surface area (Å²) in [6.07, 6.45) is 1.000. The highest BCUT2D eigenvalue weighted by Gasteiger charge is 2.17. The molecule has 88 valence electrons. The van der Waals surface area contributed by atoms with E-state index in [1.165, 1.54) is 19.2 Å². The predicted octanol–water partition coefficient (Wildman–Crippen LogP) is 2.19. The average Bonchev–Trinajstić information content (AvgIpc) is 2.77. The number of carbonyl (C=O) groups is 1. The summed E-state index contributed by atoms with van der Waals surface area (Å²) in [4.78, 5) is 10.8. The van der Waals surface area contributed by atoms with Crippen molar-refractivity contribution in [3.05, 3.63) is 35.8 Å². The number of carboxylic acid groups (broad SMARTS) is 1. The van der Waals surface area contributed by atoms with E-state index < -0.39 is 11.8 Å². The van der Waals surface area contributed by atoms with E-state index in [1.807, 2.05) is 0 Å². The molecule has 0 aliphatic carbocycles. The second kappa shape index (κ2) is 4.25. The Hall–Kier alpha value is -2.37. The molecule has 6 heteroatoms. The van der Waals surface area contributed by atoms with Gasteiger partial charge in [0, 0.05) is 5.56 Å². The first-order chi connectivity index (χ1) is 8.13. The third-order valence-electron chi connectivity index (χ3n) is 2.23. The highest BCUT2D eigenvalue weighted by molar-refractivity contribution is 5.94. The van der Waals surface area contributed by atoms with Crippen molar-refractivity contribution in [1.29, 1.82) is 0 Å². The lowest BCUT2D eigenvalue weighted by Crippen LogP contribution is -1.97. The van der Waals surface area contributed by atoms with E-state index in [4.69, 9.17) is 9.84 Å². The molecule has 0 fully saturated rings. The molecule has 2 rings (SSSR count). The minimum atomic E-state index is -1.18. The van der Waals surface area contributed by atoms with Crippen LogP contribution in [0.2, 0.25) is 0 Å². The summed E-state index contributed by atoms with van der Waals surface area (Å²) in [6, 6.07) is 4.04. The van der Waals surface area contributed by atoms with Crippen molar-refractivity contribution in [2.75, 3.05) is 7.11 Å². The average molecular weight is 237 g/mol. The first-order valence-electron chi connectivity index (χ1n) is 4.65. The number of nitrogens with zero attached hydrogens (tertiary/aromatic N) is 1. The lowest BCUT2D eigenvalue weighted by molar-refractivity contribution is 0.0697. The molecular weight excluding hydrogens is 229 g/mol. The van der Waals surface area contributed by atoms with Gasteiger partial charge in [0.25, 0.3) is 0 Å². The maximum atomic E-state index is 13.4. The fourth-order valence-corrected chi connectivity index (χ4v) is 1.41. The number of methoxy groups -OCH3 is 1. The summed E-state index contributed by atoms with van der Waals surface area (Å²) in [5, 5.41) is 12.4. The van der Waals surface area contributed by atoms with Crippen molar-refractivity contribution in [1.82, 2.24) is 5.16 Å². The number of aromatic carboxylic acids is 1. The van der Waals surface area contributed by atoms with Crippen LogP contribution in [0.1, 0.15) is 10.4 Å². The maximum absolute atomic E-state index is 13.4. The van der Waals surface area contributed by atoms with Gasteiger partial charge in [0.2, 0.25) is 0 Å².